The first-order valence-corrected chi connectivity index (χ1v) is 0. The number of rotatable bonds is 0. The van der Waals surface area contributed by atoms with E-state index in [4.69, 9.17) is 0 Å². The molecule has 0 aromatic rings. The van der Waals surface area contributed by atoms with Crippen LogP contribution in [0.2, 0.25) is 0 Å². The molecule has 0 spiro atoms. The van der Waals surface area contributed by atoms with Gasteiger partial charge >= 0.3 is 0 Å². The third-order valence-corrected chi connectivity index (χ3v) is 0. The molecular formula is H5BF3O. The highest BCUT2D eigenvalue weighted by Crippen LogP contribution is 0.422. The van der Waals surface area contributed by atoms with Crippen LogP contribution in [0.5, 0.6) is 0 Å². The summed E-state index contributed by atoms with van der Waals surface area (Å²) >= 11 is 0. The van der Waals surface area contributed by atoms with Gasteiger partial charge in [-0.1, -0.05) is 0 Å². The second kappa shape index (κ2) is 883. The predicted molar refractivity (Wildman–Crippen MR) is 16.9 cm³/mol. The highest BCUT2D eigenvalue weighted by Gasteiger charge is 0.0000137. The van der Waals surface area contributed by atoms with E-state index < -0.39 is 0 Å². The monoisotopic (exact) mass is 89.0 g/mol. The lowest BCUT2D eigenvalue weighted by molar-refractivity contribution is 0.824. The Morgan fingerprint density at radius 1 is 0.600 bits per heavy atom. The van der Waals surface area contributed by atoms with Gasteiger partial charge in [-0.2, -0.15) is 0 Å². The van der Waals surface area contributed by atoms with Gasteiger partial charge in [-0.25, -0.2) is 0 Å². The van der Waals surface area contributed by atoms with Crippen LogP contribution in [0, 0.1) is 0 Å². The molecule has 0 amide bonds. The minimum absolute atomic E-state index is 0. The molecule has 0 saturated carbocycles. The first-order valence-electron chi connectivity index (χ1n) is 0. The largest absolute Gasteiger partial charge is 0.412 e. The summed E-state index contributed by atoms with van der Waals surface area (Å²) in [5.41, 5.74) is 0. The Bertz CT molecular complexity index is 6.85. The fourth-order valence-corrected chi connectivity index (χ4v) is 0. The van der Waals surface area contributed by atoms with Crippen LogP contribution < -0.4 is 0 Å². The van der Waals surface area contributed by atoms with Crippen LogP contribution in [0.4, 0.5) is 14.1 Å². The van der Waals surface area contributed by atoms with Gasteiger partial charge in [0, 0.05) is 8.41 Å². The van der Waals surface area contributed by atoms with Gasteiger partial charge in [-0.3, -0.25) is 14.1 Å². The molecule has 0 saturated heterocycles. The summed E-state index contributed by atoms with van der Waals surface area (Å²) in [6.07, 6.45) is 0. The Balaban J connectivity index is 0. The third-order valence-electron chi connectivity index (χ3n) is 0. The van der Waals surface area contributed by atoms with Gasteiger partial charge in [0.25, 0.3) is 0 Å². The minimum atomic E-state index is 0. The summed E-state index contributed by atoms with van der Waals surface area (Å²) in [5.74, 6) is 0. The molecule has 0 heterocycles. The predicted octanol–water partition coefficient (Wildman–Crippen LogP) is -0.748. The van der Waals surface area contributed by atoms with E-state index in [0.29, 0.717) is 0 Å². The summed E-state index contributed by atoms with van der Waals surface area (Å²) in [5, 5.41) is 0. The third kappa shape index (κ3) is 367. The summed E-state index contributed by atoms with van der Waals surface area (Å²) < 4.78 is 0. The van der Waals surface area contributed by atoms with E-state index in [1.807, 2.05) is 0 Å². The fourth-order valence-electron chi connectivity index (χ4n) is 0. The van der Waals surface area contributed by atoms with Gasteiger partial charge in [0.15, 0.2) is 0 Å². The highest BCUT2D eigenvalue weighted by atomic mass is 19.0. The van der Waals surface area contributed by atoms with E-state index in [0.717, 1.165) is 0 Å². The minimum Gasteiger partial charge on any atom is -0.412 e. The van der Waals surface area contributed by atoms with Gasteiger partial charge in [0.05, 0.1) is 0 Å². The van der Waals surface area contributed by atoms with Crippen LogP contribution in [0.15, 0.2) is 0 Å². The quantitative estimate of drug-likeness (QED) is 0.350. The summed E-state index contributed by atoms with van der Waals surface area (Å²) in [6, 6.07) is 0. The van der Waals surface area contributed by atoms with Crippen molar-refractivity contribution in [3.05, 3.63) is 0 Å². The molecule has 0 aliphatic carbocycles. The second-order valence-corrected chi connectivity index (χ2v) is 0. The zero-order chi connectivity index (χ0) is 0. The SMILES string of the molecule is F.F.F.O.[B]. The van der Waals surface area contributed by atoms with Crippen molar-refractivity contribution in [2.24, 2.45) is 0 Å². The van der Waals surface area contributed by atoms with Crippen molar-refractivity contribution in [3.8, 4) is 0 Å². The second-order valence-electron chi connectivity index (χ2n) is 0. The maximum absolute atomic E-state index is 0. The Hall–Kier alpha value is -0.185. The zero-order valence-electron chi connectivity index (χ0n) is 2.30. The lowest BCUT2D eigenvalue weighted by atomic mass is 10.8. The Morgan fingerprint density at radius 2 is 0.600 bits per heavy atom. The van der Waals surface area contributed by atoms with E-state index in [2.05, 4.69) is 0 Å². The molecular weight excluding hydrogens is 83.8 g/mol. The average molecular weight is 88.8 g/mol. The topological polar surface area (TPSA) is 31.5 Å². The first kappa shape index (κ1) is 2050. The zero-order valence-corrected chi connectivity index (χ0v) is 2.30. The van der Waals surface area contributed by atoms with Crippen molar-refractivity contribution in [2.45, 2.75) is 0 Å². The molecule has 0 aromatic heterocycles. The van der Waals surface area contributed by atoms with E-state index in [-0.39, 0.29) is 28.0 Å². The van der Waals surface area contributed by atoms with Gasteiger partial charge in [-0.05, 0) is 0 Å². The van der Waals surface area contributed by atoms with Crippen LogP contribution in [-0.4, -0.2) is 13.9 Å². The molecule has 35 valence electrons. The van der Waals surface area contributed by atoms with E-state index in [1.165, 1.54) is 0 Å². The Kier molecular flexibility index (Phi) is 361000. The molecule has 0 atom stereocenters. The molecule has 0 unspecified atom stereocenters. The van der Waals surface area contributed by atoms with Crippen molar-refractivity contribution >= 4 is 8.41 Å². The first-order chi connectivity index (χ1) is 0. The molecule has 0 bridgehead atoms. The van der Waals surface area contributed by atoms with Crippen LogP contribution in [0.25, 0.3) is 0 Å². The number of hydrogen-bond acceptors (Lipinski definition) is 0. The number of halogens is 3. The van der Waals surface area contributed by atoms with Crippen LogP contribution in [-0.2, 0) is 0 Å². The smallest absolute Gasteiger partial charge is 0 e. The van der Waals surface area contributed by atoms with Crippen molar-refractivity contribution < 1.29 is 19.6 Å². The molecule has 5 heteroatoms. The average Bonchev–Trinajstić information content (AvgIpc) is 0. The molecule has 2 N–H and O–H groups in total. The van der Waals surface area contributed by atoms with E-state index >= 15 is 0 Å². The standard InChI is InChI=1S/B.3FH.H2O/h;3*1H;1H2. The fraction of sp³-hybridized carbons (Fsp3) is 0. The van der Waals surface area contributed by atoms with Gasteiger partial charge in [-0.15, -0.1) is 0 Å². The van der Waals surface area contributed by atoms with Crippen LogP contribution in [0.1, 0.15) is 0 Å². The van der Waals surface area contributed by atoms with Crippen molar-refractivity contribution in [1.29, 1.82) is 0 Å². The number of hydrogen-bond donors (Lipinski definition) is 0. The molecule has 3 radical (unpaired) electrons. The van der Waals surface area contributed by atoms with Crippen molar-refractivity contribution in [2.75, 3.05) is 0 Å². The van der Waals surface area contributed by atoms with Crippen molar-refractivity contribution in [3.63, 3.8) is 0 Å². The van der Waals surface area contributed by atoms with Gasteiger partial charge in [0.2, 0.25) is 0 Å². The lowest BCUT2D eigenvalue weighted by Crippen LogP contribution is -0.381. The lowest BCUT2D eigenvalue weighted by Gasteiger charge is -0.412. The normalized spacial score (nSPS) is 0. The van der Waals surface area contributed by atoms with Crippen LogP contribution >= 0.6 is 0 Å². The summed E-state index contributed by atoms with van der Waals surface area (Å²) in [4.78, 5) is 0. The van der Waals surface area contributed by atoms with E-state index in [9.17, 15) is 0 Å². The van der Waals surface area contributed by atoms with Gasteiger partial charge < -0.3 is 5.48 Å². The molecule has 0 aromatic carbocycles. The molecule has 0 aliphatic heterocycles. The maximum atomic E-state index is 0. The molecule has 1 nitrogen and oxygen atoms in total. The Morgan fingerprint density at radius 3 is 0.600 bits per heavy atom. The molecule has 0 aliphatic rings. The van der Waals surface area contributed by atoms with Gasteiger partial charge in [0.1, 0.15) is 0 Å². The van der Waals surface area contributed by atoms with Crippen molar-refractivity contribution in [1.82, 2.24) is 0 Å². The summed E-state index contributed by atoms with van der Waals surface area (Å²) in [7, 11) is 0. The maximum Gasteiger partial charge on any atom is 0 e. The van der Waals surface area contributed by atoms with E-state index in [1.54, 1.807) is 0 Å². The highest BCUT2D eigenvalue weighted by molar-refractivity contribution is 5.75. The van der Waals surface area contributed by atoms with Crippen LogP contribution in [0.3, 0.4) is 0 Å². The summed E-state index contributed by atoms with van der Waals surface area (Å²) in [6.45, 7) is 0. The molecule has 0 fully saturated rings. The molecule has 5 heavy (non-hydrogen) atoms. The molecule has 0 rings (SSSR count). The Labute approximate surface area is 29.4 Å².